The second-order valence-corrected chi connectivity index (χ2v) is 4.84. The Bertz CT molecular complexity index is 816. The molecule has 0 radical (unpaired) electrons. The first-order valence-corrected chi connectivity index (χ1v) is 6.58. The van der Waals surface area contributed by atoms with Crippen LogP contribution in [0.5, 0.6) is 0 Å². The van der Waals surface area contributed by atoms with E-state index in [-0.39, 0.29) is 5.56 Å². The number of nitrogens with one attached hydrogen (secondary N) is 1. The Morgan fingerprint density at radius 1 is 1.29 bits per heavy atom. The smallest absolute Gasteiger partial charge is 0.337 e. The van der Waals surface area contributed by atoms with Gasteiger partial charge in [0.15, 0.2) is 0 Å². The maximum Gasteiger partial charge on any atom is 0.337 e. The predicted octanol–water partition coefficient (Wildman–Crippen LogP) is 2.85. The summed E-state index contributed by atoms with van der Waals surface area (Å²) in [7, 11) is 0. The fourth-order valence-electron chi connectivity index (χ4n) is 2.04. The minimum atomic E-state index is -1.04. The lowest BCUT2D eigenvalue weighted by Crippen LogP contribution is -2.12. The number of rotatable bonds is 4. The first-order chi connectivity index (χ1) is 10.1. The molecule has 0 aliphatic heterocycles. The molecule has 0 amide bonds. The van der Waals surface area contributed by atoms with Gasteiger partial charge in [0.1, 0.15) is 12.2 Å². The summed E-state index contributed by atoms with van der Waals surface area (Å²) in [5.74, 6) is -1.04. The second kappa shape index (κ2) is 5.41. The fraction of sp³-hybridized carbons (Fsp3) is 0.0714. The standard InChI is InChI=1S/C14H11ClN4O2/c15-9-5-6-11(10(7-9)14(20)21)16-8-19-13-4-2-1-3-12(13)17-18-19/h1-7,16H,8H2,(H,20,21). The average Bonchev–Trinajstić information content (AvgIpc) is 2.89. The average molecular weight is 303 g/mol. The topological polar surface area (TPSA) is 80.0 Å². The number of carboxylic acid groups (broad SMARTS) is 1. The van der Waals surface area contributed by atoms with Gasteiger partial charge in [-0.25, -0.2) is 9.48 Å². The number of para-hydroxylation sites is 1. The monoisotopic (exact) mass is 302 g/mol. The van der Waals surface area contributed by atoms with E-state index in [1.807, 2.05) is 24.3 Å². The lowest BCUT2D eigenvalue weighted by atomic mass is 10.2. The Morgan fingerprint density at radius 3 is 2.90 bits per heavy atom. The van der Waals surface area contributed by atoms with Gasteiger partial charge < -0.3 is 10.4 Å². The maximum absolute atomic E-state index is 11.2. The van der Waals surface area contributed by atoms with Gasteiger partial charge in [0, 0.05) is 5.02 Å². The van der Waals surface area contributed by atoms with Crippen LogP contribution in [0.25, 0.3) is 11.0 Å². The van der Waals surface area contributed by atoms with Crippen molar-refractivity contribution in [3.63, 3.8) is 0 Å². The Morgan fingerprint density at radius 2 is 2.10 bits per heavy atom. The number of halogens is 1. The summed E-state index contributed by atoms with van der Waals surface area (Å²) in [6, 6.07) is 12.2. The van der Waals surface area contributed by atoms with E-state index >= 15 is 0 Å². The van der Waals surface area contributed by atoms with Crippen molar-refractivity contribution in [2.75, 3.05) is 5.32 Å². The molecule has 3 rings (SSSR count). The van der Waals surface area contributed by atoms with Crippen LogP contribution in [0.15, 0.2) is 42.5 Å². The molecule has 2 aromatic carbocycles. The highest BCUT2D eigenvalue weighted by molar-refractivity contribution is 6.31. The summed E-state index contributed by atoms with van der Waals surface area (Å²) in [5.41, 5.74) is 2.25. The van der Waals surface area contributed by atoms with Crippen molar-refractivity contribution in [2.45, 2.75) is 6.67 Å². The first-order valence-electron chi connectivity index (χ1n) is 6.20. The molecule has 1 heterocycles. The Kier molecular flexibility index (Phi) is 3.45. The van der Waals surface area contributed by atoms with E-state index in [9.17, 15) is 9.90 Å². The first kappa shape index (κ1) is 13.4. The third-order valence-corrected chi connectivity index (χ3v) is 3.29. The highest BCUT2D eigenvalue weighted by Gasteiger charge is 2.11. The van der Waals surface area contributed by atoms with Crippen LogP contribution in [0.4, 0.5) is 5.69 Å². The van der Waals surface area contributed by atoms with Crippen molar-refractivity contribution < 1.29 is 9.90 Å². The van der Waals surface area contributed by atoms with E-state index in [0.29, 0.717) is 17.4 Å². The quantitative estimate of drug-likeness (QED) is 0.774. The van der Waals surface area contributed by atoms with E-state index in [1.54, 1.807) is 16.8 Å². The van der Waals surface area contributed by atoms with Crippen LogP contribution in [0.3, 0.4) is 0 Å². The van der Waals surface area contributed by atoms with Crippen LogP contribution in [0.2, 0.25) is 5.02 Å². The molecule has 0 atom stereocenters. The Hall–Kier alpha value is -2.60. The molecule has 6 nitrogen and oxygen atoms in total. The molecule has 0 unspecified atom stereocenters. The summed E-state index contributed by atoms with van der Waals surface area (Å²) in [6.07, 6.45) is 0. The van der Waals surface area contributed by atoms with Crippen molar-refractivity contribution in [1.82, 2.24) is 15.0 Å². The number of hydrogen-bond acceptors (Lipinski definition) is 4. The van der Waals surface area contributed by atoms with Gasteiger partial charge in [-0.3, -0.25) is 0 Å². The number of carboxylic acids is 1. The van der Waals surface area contributed by atoms with Gasteiger partial charge in [0.05, 0.1) is 16.8 Å². The molecular weight excluding hydrogens is 292 g/mol. The minimum absolute atomic E-state index is 0.118. The molecule has 0 saturated carbocycles. The predicted molar refractivity (Wildman–Crippen MR) is 79.6 cm³/mol. The summed E-state index contributed by atoms with van der Waals surface area (Å²) in [5, 5.41) is 20.7. The van der Waals surface area contributed by atoms with Crippen LogP contribution in [0, 0.1) is 0 Å². The maximum atomic E-state index is 11.2. The van der Waals surface area contributed by atoms with Crippen molar-refractivity contribution in [3.8, 4) is 0 Å². The summed E-state index contributed by atoms with van der Waals surface area (Å²) in [6.45, 7) is 0.308. The van der Waals surface area contributed by atoms with Gasteiger partial charge in [-0.05, 0) is 30.3 Å². The molecular formula is C14H11ClN4O2. The Labute approximate surface area is 125 Å². The molecule has 0 aliphatic rings. The second-order valence-electron chi connectivity index (χ2n) is 4.41. The van der Waals surface area contributed by atoms with Crippen molar-refractivity contribution in [1.29, 1.82) is 0 Å². The van der Waals surface area contributed by atoms with Crippen molar-refractivity contribution >= 4 is 34.3 Å². The van der Waals surface area contributed by atoms with E-state index in [0.717, 1.165) is 11.0 Å². The van der Waals surface area contributed by atoms with Gasteiger partial charge >= 0.3 is 5.97 Å². The lowest BCUT2D eigenvalue weighted by Gasteiger charge is -2.10. The summed E-state index contributed by atoms with van der Waals surface area (Å²) < 4.78 is 1.66. The molecule has 0 aliphatic carbocycles. The molecule has 1 aromatic heterocycles. The van der Waals surface area contributed by atoms with Crippen LogP contribution in [-0.2, 0) is 6.67 Å². The molecule has 21 heavy (non-hydrogen) atoms. The van der Waals surface area contributed by atoms with E-state index in [2.05, 4.69) is 15.6 Å². The fourth-order valence-corrected chi connectivity index (χ4v) is 2.21. The van der Waals surface area contributed by atoms with Crippen LogP contribution in [0.1, 0.15) is 10.4 Å². The molecule has 7 heteroatoms. The third kappa shape index (κ3) is 2.66. The third-order valence-electron chi connectivity index (χ3n) is 3.05. The number of aromatic carboxylic acids is 1. The van der Waals surface area contributed by atoms with Gasteiger partial charge in [-0.1, -0.05) is 28.9 Å². The summed E-state index contributed by atoms with van der Waals surface area (Å²) >= 11 is 5.82. The number of hydrogen-bond donors (Lipinski definition) is 2. The SMILES string of the molecule is O=C(O)c1cc(Cl)ccc1NCn1nnc2ccccc21. The number of carbonyl (C=O) groups is 1. The number of benzene rings is 2. The molecule has 3 aromatic rings. The number of aromatic nitrogens is 3. The highest BCUT2D eigenvalue weighted by atomic mass is 35.5. The van der Waals surface area contributed by atoms with Gasteiger partial charge in [-0.2, -0.15) is 0 Å². The van der Waals surface area contributed by atoms with Crippen LogP contribution in [-0.4, -0.2) is 26.1 Å². The molecule has 0 fully saturated rings. The lowest BCUT2D eigenvalue weighted by molar-refractivity contribution is 0.0698. The summed E-state index contributed by atoms with van der Waals surface area (Å²) in [4.78, 5) is 11.2. The molecule has 0 saturated heterocycles. The van der Waals surface area contributed by atoms with Crippen LogP contribution >= 0.6 is 11.6 Å². The molecule has 0 spiro atoms. The molecule has 106 valence electrons. The van der Waals surface area contributed by atoms with Gasteiger partial charge in [0.25, 0.3) is 0 Å². The van der Waals surface area contributed by atoms with Crippen molar-refractivity contribution in [3.05, 3.63) is 53.1 Å². The zero-order valence-electron chi connectivity index (χ0n) is 10.8. The van der Waals surface area contributed by atoms with E-state index < -0.39 is 5.97 Å². The van der Waals surface area contributed by atoms with Crippen LogP contribution < -0.4 is 5.32 Å². The molecule has 2 N–H and O–H groups in total. The highest BCUT2D eigenvalue weighted by Crippen LogP contribution is 2.21. The Balaban J connectivity index is 1.87. The number of fused-ring (bicyclic) bond motifs is 1. The zero-order chi connectivity index (χ0) is 14.8. The largest absolute Gasteiger partial charge is 0.478 e. The minimum Gasteiger partial charge on any atom is -0.478 e. The zero-order valence-corrected chi connectivity index (χ0v) is 11.6. The van der Waals surface area contributed by atoms with Gasteiger partial charge in [-0.15, -0.1) is 5.10 Å². The van der Waals surface area contributed by atoms with E-state index in [1.165, 1.54) is 6.07 Å². The number of nitrogens with zero attached hydrogens (tertiary/aromatic N) is 3. The van der Waals surface area contributed by atoms with Crippen molar-refractivity contribution in [2.24, 2.45) is 0 Å². The van der Waals surface area contributed by atoms with Gasteiger partial charge in [0.2, 0.25) is 0 Å². The number of anilines is 1. The molecule has 0 bridgehead atoms. The normalized spacial score (nSPS) is 10.7. The van der Waals surface area contributed by atoms with E-state index in [4.69, 9.17) is 11.6 Å².